The van der Waals surface area contributed by atoms with Gasteiger partial charge in [-0.25, -0.2) is 0 Å². The van der Waals surface area contributed by atoms with E-state index in [4.69, 9.17) is 9.47 Å². The standard InChI is InChI=1S/C22H34N2O3/c1-26-20-8-10-21(11-9-20)27-17-5-12-23-13-15-24(16-14-23)22(25)18-19-6-3-2-4-7-19/h8-11,19H,2-7,12-18H2,1H3. The summed E-state index contributed by atoms with van der Waals surface area (Å²) in [6.45, 7) is 5.47. The van der Waals surface area contributed by atoms with Crippen molar-refractivity contribution in [3.63, 3.8) is 0 Å². The van der Waals surface area contributed by atoms with E-state index in [1.807, 2.05) is 24.3 Å². The van der Waals surface area contributed by atoms with Crippen molar-refractivity contribution in [2.45, 2.75) is 44.9 Å². The molecule has 5 nitrogen and oxygen atoms in total. The summed E-state index contributed by atoms with van der Waals surface area (Å²) in [4.78, 5) is 17.0. The number of nitrogens with zero attached hydrogens (tertiary/aromatic N) is 2. The normalized spacial score (nSPS) is 19.1. The van der Waals surface area contributed by atoms with Gasteiger partial charge in [0.05, 0.1) is 13.7 Å². The molecule has 1 heterocycles. The van der Waals surface area contributed by atoms with Crippen LogP contribution in [0.25, 0.3) is 0 Å². The van der Waals surface area contributed by atoms with E-state index >= 15 is 0 Å². The summed E-state index contributed by atoms with van der Waals surface area (Å²) >= 11 is 0. The summed E-state index contributed by atoms with van der Waals surface area (Å²) in [5.74, 6) is 2.75. The van der Waals surface area contributed by atoms with E-state index in [0.717, 1.165) is 57.1 Å². The Morgan fingerprint density at radius 1 is 1.00 bits per heavy atom. The molecule has 3 rings (SSSR count). The third-order valence-corrected chi connectivity index (χ3v) is 5.86. The zero-order valence-corrected chi connectivity index (χ0v) is 16.7. The highest BCUT2D eigenvalue weighted by Crippen LogP contribution is 2.27. The fourth-order valence-corrected chi connectivity index (χ4v) is 4.14. The van der Waals surface area contributed by atoms with Crippen LogP contribution in [0.1, 0.15) is 44.9 Å². The summed E-state index contributed by atoms with van der Waals surface area (Å²) < 4.78 is 10.9. The molecule has 1 aliphatic carbocycles. The van der Waals surface area contributed by atoms with Crippen LogP contribution in [0.15, 0.2) is 24.3 Å². The Bertz CT molecular complexity index is 561. The van der Waals surface area contributed by atoms with Crippen LogP contribution < -0.4 is 9.47 Å². The van der Waals surface area contributed by atoms with E-state index in [9.17, 15) is 4.79 Å². The predicted octanol–water partition coefficient (Wildman–Crippen LogP) is 3.58. The Balaban J connectivity index is 1.28. The average molecular weight is 375 g/mol. The maximum Gasteiger partial charge on any atom is 0.222 e. The molecule has 0 spiro atoms. The summed E-state index contributed by atoms with van der Waals surface area (Å²) in [6, 6.07) is 7.71. The van der Waals surface area contributed by atoms with Crippen molar-refractivity contribution in [3.05, 3.63) is 24.3 Å². The molecule has 1 aliphatic heterocycles. The van der Waals surface area contributed by atoms with Gasteiger partial charge in [-0.05, 0) is 49.4 Å². The number of benzene rings is 1. The topological polar surface area (TPSA) is 42.0 Å². The molecule has 0 N–H and O–H groups in total. The van der Waals surface area contributed by atoms with Gasteiger partial charge >= 0.3 is 0 Å². The molecular weight excluding hydrogens is 340 g/mol. The third-order valence-electron chi connectivity index (χ3n) is 5.86. The first-order valence-corrected chi connectivity index (χ1v) is 10.5. The molecule has 1 saturated heterocycles. The number of amides is 1. The first kappa shape index (κ1) is 20.0. The van der Waals surface area contributed by atoms with Gasteiger partial charge in [-0.3, -0.25) is 9.69 Å². The Labute approximate surface area is 163 Å². The lowest BCUT2D eigenvalue weighted by Crippen LogP contribution is -2.49. The molecule has 5 heteroatoms. The number of hydrogen-bond acceptors (Lipinski definition) is 4. The van der Waals surface area contributed by atoms with Crippen molar-refractivity contribution in [2.24, 2.45) is 5.92 Å². The van der Waals surface area contributed by atoms with Gasteiger partial charge in [0.25, 0.3) is 0 Å². The minimum absolute atomic E-state index is 0.379. The summed E-state index contributed by atoms with van der Waals surface area (Å²) in [6.07, 6.45) is 8.25. The summed E-state index contributed by atoms with van der Waals surface area (Å²) in [7, 11) is 1.67. The lowest BCUT2D eigenvalue weighted by Gasteiger charge is -2.35. The van der Waals surface area contributed by atoms with Crippen LogP contribution in [0.5, 0.6) is 11.5 Å². The summed E-state index contributed by atoms with van der Waals surface area (Å²) in [5, 5.41) is 0. The van der Waals surface area contributed by atoms with Gasteiger partial charge in [-0.15, -0.1) is 0 Å². The fraction of sp³-hybridized carbons (Fsp3) is 0.682. The Morgan fingerprint density at radius 3 is 2.33 bits per heavy atom. The molecule has 150 valence electrons. The fourth-order valence-electron chi connectivity index (χ4n) is 4.14. The van der Waals surface area contributed by atoms with Crippen LogP contribution in [0.2, 0.25) is 0 Å². The maximum absolute atomic E-state index is 12.5. The second-order valence-electron chi connectivity index (χ2n) is 7.81. The van der Waals surface area contributed by atoms with E-state index in [2.05, 4.69) is 9.80 Å². The van der Waals surface area contributed by atoms with Crippen LogP contribution >= 0.6 is 0 Å². The molecule has 1 aromatic rings. The smallest absolute Gasteiger partial charge is 0.222 e. The molecule has 0 atom stereocenters. The lowest BCUT2D eigenvalue weighted by atomic mass is 9.86. The number of methoxy groups -OCH3 is 1. The molecule has 2 fully saturated rings. The highest BCUT2D eigenvalue weighted by atomic mass is 16.5. The van der Waals surface area contributed by atoms with Crippen molar-refractivity contribution < 1.29 is 14.3 Å². The second kappa shape index (κ2) is 10.5. The van der Waals surface area contributed by atoms with Gasteiger partial charge in [-0.2, -0.15) is 0 Å². The van der Waals surface area contributed by atoms with Gasteiger partial charge in [-0.1, -0.05) is 19.3 Å². The lowest BCUT2D eigenvalue weighted by molar-refractivity contribution is -0.134. The largest absolute Gasteiger partial charge is 0.497 e. The van der Waals surface area contributed by atoms with Crippen LogP contribution in [0.4, 0.5) is 0 Å². The van der Waals surface area contributed by atoms with Crippen molar-refractivity contribution in [3.8, 4) is 11.5 Å². The third kappa shape index (κ3) is 6.42. The minimum Gasteiger partial charge on any atom is -0.497 e. The number of carbonyl (C=O) groups excluding carboxylic acids is 1. The second-order valence-corrected chi connectivity index (χ2v) is 7.81. The van der Waals surface area contributed by atoms with E-state index < -0.39 is 0 Å². The Hall–Kier alpha value is -1.75. The highest BCUT2D eigenvalue weighted by molar-refractivity contribution is 5.76. The Kier molecular flexibility index (Phi) is 7.81. The van der Waals surface area contributed by atoms with Crippen LogP contribution in [0, 0.1) is 5.92 Å². The molecule has 0 unspecified atom stereocenters. The Morgan fingerprint density at radius 2 is 1.67 bits per heavy atom. The van der Waals surface area contributed by atoms with Crippen LogP contribution in [-0.2, 0) is 4.79 Å². The first-order valence-electron chi connectivity index (χ1n) is 10.5. The highest BCUT2D eigenvalue weighted by Gasteiger charge is 2.24. The number of carbonyl (C=O) groups is 1. The molecular formula is C22H34N2O3. The SMILES string of the molecule is COc1ccc(OCCCN2CCN(C(=O)CC3CCCCC3)CC2)cc1. The summed E-state index contributed by atoms with van der Waals surface area (Å²) in [5.41, 5.74) is 0. The average Bonchev–Trinajstić information content (AvgIpc) is 2.73. The minimum atomic E-state index is 0.379. The first-order chi connectivity index (χ1) is 13.2. The number of rotatable bonds is 8. The van der Waals surface area contributed by atoms with Gasteiger partial charge in [0.2, 0.25) is 5.91 Å². The van der Waals surface area contributed by atoms with Crippen molar-refractivity contribution in [1.82, 2.24) is 9.80 Å². The van der Waals surface area contributed by atoms with Crippen LogP contribution in [0.3, 0.4) is 0 Å². The van der Waals surface area contributed by atoms with E-state index in [0.29, 0.717) is 18.4 Å². The van der Waals surface area contributed by atoms with Crippen molar-refractivity contribution in [1.29, 1.82) is 0 Å². The number of hydrogen-bond donors (Lipinski definition) is 0. The number of piperazine rings is 1. The zero-order chi connectivity index (χ0) is 18.9. The van der Waals surface area contributed by atoms with E-state index in [-0.39, 0.29) is 0 Å². The molecule has 1 saturated carbocycles. The molecule has 1 aromatic carbocycles. The van der Waals surface area contributed by atoms with Gasteiger partial charge in [0, 0.05) is 39.1 Å². The number of ether oxygens (including phenoxy) is 2. The van der Waals surface area contributed by atoms with Gasteiger partial charge in [0.1, 0.15) is 11.5 Å². The van der Waals surface area contributed by atoms with Gasteiger partial charge < -0.3 is 14.4 Å². The molecule has 27 heavy (non-hydrogen) atoms. The van der Waals surface area contributed by atoms with E-state index in [1.54, 1.807) is 7.11 Å². The van der Waals surface area contributed by atoms with Crippen molar-refractivity contribution in [2.75, 3.05) is 46.4 Å². The van der Waals surface area contributed by atoms with Crippen LogP contribution in [-0.4, -0.2) is 62.1 Å². The zero-order valence-electron chi connectivity index (χ0n) is 16.7. The predicted molar refractivity (Wildman–Crippen MR) is 107 cm³/mol. The van der Waals surface area contributed by atoms with Gasteiger partial charge in [0.15, 0.2) is 0 Å². The molecule has 0 radical (unpaired) electrons. The van der Waals surface area contributed by atoms with E-state index in [1.165, 1.54) is 32.1 Å². The molecule has 0 bridgehead atoms. The maximum atomic E-state index is 12.5. The monoisotopic (exact) mass is 374 g/mol. The molecule has 2 aliphatic rings. The van der Waals surface area contributed by atoms with Crippen molar-refractivity contribution >= 4 is 5.91 Å². The molecule has 0 aromatic heterocycles. The molecule has 1 amide bonds. The quantitative estimate of drug-likeness (QED) is 0.652.